The van der Waals surface area contributed by atoms with Gasteiger partial charge in [-0.2, -0.15) is 0 Å². The third-order valence-corrected chi connectivity index (χ3v) is 4.63. The van der Waals surface area contributed by atoms with Crippen LogP contribution in [0.5, 0.6) is 0 Å². The van der Waals surface area contributed by atoms with Gasteiger partial charge >= 0.3 is 12.0 Å². The van der Waals surface area contributed by atoms with Crippen molar-refractivity contribution in [3.05, 3.63) is 0 Å². The van der Waals surface area contributed by atoms with Gasteiger partial charge in [-0.3, -0.25) is 4.79 Å². The summed E-state index contributed by atoms with van der Waals surface area (Å²) in [6, 6.07) is 0.348. The minimum absolute atomic E-state index is 0.142. The number of nitrogens with zero attached hydrogens (tertiary/aromatic N) is 1. The summed E-state index contributed by atoms with van der Waals surface area (Å²) in [5.41, 5.74) is -0.905. The molecule has 1 saturated carbocycles. The molecule has 0 heterocycles. The van der Waals surface area contributed by atoms with Crippen molar-refractivity contribution in [2.45, 2.75) is 52.0 Å². The molecule has 1 fully saturated rings. The van der Waals surface area contributed by atoms with Crippen molar-refractivity contribution in [1.29, 1.82) is 0 Å². The molecule has 1 rings (SSSR count). The van der Waals surface area contributed by atoms with Crippen LogP contribution in [0.15, 0.2) is 0 Å². The van der Waals surface area contributed by atoms with Crippen LogP contribution in [0.4, 0.5) is 4.79 Å². The SMILES string of the molecule is CCC(C)(CNC(=O)NCCN(C)C1CCCC1)C(=O)O. The molecule has 21 heavy (non-hydrogen) atoms. The van der Waals surface area contributed by atoms with Gasteiger partial charge in [0.05, 0.1) is 5.41 Å². The third-order valence-electron chi connectivity index (χ3n) is 4.63. The van der Waals surface area contributed by atoms with Crippen LogP contribution in [0.2, 0.25) is 0 Å². The summed E-state index contributed by atoms with van der Waals surface area (Å²) in [4.78, 5) is 25.1. The van der Waals surface area contributed by atoms with Crippen molar-refractivity contribution in [3.63, 3.8) is 0 Å². The van der Waals surface area contributed by atoms with E-state index in [1.165, 1.54) is 25.7 Å². The second-order valence-corrected chi connectivity index (χ2v) is 6.25. The Bertz CT molecular complexity index is 356. The Hall–Kier alpha value is -1.30. The molecule has 0 bridgehead atoms. The van der Waals surface area contributed by atoms with Crippen LogP contribution in [0, 0.1) is 5.41 Å². The minimum atomic E-state index is -0.905. The van der Waals surface area contributed by atoms with Gasteiger partial charge in [0.25, 0.3) is 0 Å². The van der Waals surface area contributed by atoms with Gasteiger partial charge in [-0.15, -0.1) is 0 Å². The normalized spacial score (nSPS) is 18.5. The van der Waals surface area contributed by atoms with Crippen LogP contribution in [0.1, 0.15) is 46.0 Å². The van der Waals surface area contributed by atoms with Gasteiger partial charge in [0.15, 0.2) is 0 Å². The smallest absolute Gasteiger partial charge is 0.314 e. The van der Waals surface area contributed by atoms with Crippen molar-refractivity contribution in [2.24, 2.45) is 5.41 Å². The lowest BCUT2D eigenvalue weighted by molar-refractivity contribution is -0.147. The molecule has 3 N–H and O–H groups in total. The van der Waals surface area contributed by atoms with Crippen molar-refractivity contribution < 1.29 is 14.7 Å². The van der Waals surface area contributed by atoms with E-state index in [1.807, 2.05) is 6.92 Å². The van der Waals surface area contributed by atoms with E-state index >= 15 is 0 Å². The largest absolute Gasteiger partial charge is 0.481 e. The predicted molar refractivity (Wildman–Crippen MR) is 82.3 cm³/mol. The van der Waals surface area contributed by atoms with E-state index in [1.54, 1.807) is 6.92 Å². The molecule has 1 aliphatic carbocycles. The molecule has 1 unspecified atom stereocenters. The zero-order valence-electron chi connectivity index (χ0n) is 13.4. The Morgan fingerprint density at radius 1 is 1.29 bits per heavy atom. The van der Waals surface area contributed by atoms with E-state index < -0.39 is 11.4 Å². The lowest BCUT2D eigenvalue weighted by Crippen LogP contribution is -2.46. The number of urea groups is 1. The van der Waals surface area contributed by atoms with E-state index in [-0.39, 0.29) is 12.6 Å². The number of hydrogen-bond donors (Lipinski definition) is 3. The van der Waals surface area contributed by atoms with Crippen molar-refractivity contribution in [2.75, 3.05) is 26.7 Å². The van der Waals surface area contributed by atoms with Gasteiger partial charge in [0.2, 0.25) is 0 Å². The fourth-order valence-corrected chi connectivity index (χ4v) is 2.56. The summed E-state index contributed by atoms with van der Waals surface area (Å²) in [6.07, 6.45) is 5.57. The Balaban J connectivity index is 2.20. The fraction of sp³-hybridized carbons (Fsp3) is 0.867. The molecule has 1 aliphatic rings. The van der Waals surface area contributed by atoms with Gasteiger partial charge in [-0.05, 0) is 33.2 Å². The van der Waals surface area contributed by atoms with Crippen LogP contribution in [0.3, 0.4) is 0 Å². The number of carbonyl (C=O) groups excluding carboxylic acids is 1. The first-order valence-corrected chi connectivity index (χ1v) is 7.84. The molecule has 6 heteroatoms. The third kappa shape index (κ3) is 5.53. The highest BCUT2D eigenvalue weighted by atomic mass is 16.4. The van der Waals surface area contributed by atoms with Gasteiger partial charge in [0, 0.05) is 25.7 Å². The van der Waals surface area contributed by atoms with E-state index in [9.17, 15) is 9.59 Å². The lowest BCUT2D eigenvalue weighted by atomic mass is 9.88. The van der Waals surface area contributed by atoms with E-state index in [4.69, 9.17) is 5.11 Å². The monoisotopic (exact) mass is 299 g/mol. The van der Waals surface area contributed by atoms with Gasteiger partial charge in [0.1, 0.15) is 0 Å². The Kier molecular flexibility index (Phi) is 6.95. The van der Waals surface area contributed by atoms with Crippen LogP contribution in [-0.4, -0.2) is 54.7 Å². The molecule has 1 atom stereocenters. The Morgan fingerprint density at radius 3 is 2.43 bits per heavy atom. The quantitative estimate of drug-likeness (QED) is 0.636. The van der Waals surface area contributed by atoms with E-state index in [0.29, 0.717) is 19.0 Å². The highest BCUT2D eigenvalue weighted by Gasteiger charge is 2.31. The highest BCUT2D eigenvalue weighted by molar-refractivity contribution is 5.77. The highest BCUT2D eigenvalue weighted by Crippen LogP contribution is 2.22. The van der Waals surface area contributed by atoms with Gasteiger partial charge < -0.3 is 20.6 Å². The van der Waals surface area contributed by atoms with E-state index in [0.717, 1.165) is 6.54 Å². The summed E-state index contributed by atoms with van der Waals surface area (Å²) >= 11 is 0. The molecule has 0 aromatic heterocycles. The zero-order chi connectivity index (χ0) is 15.9. The van der Waals surface area contributed by atoms with E-state index in [2.05, 4.69) is 22.6 Å². The topological polar surface area (TPSA) is 81.7 Å². The number of nitrogens with one attached hydrogen (secondary N) is 2. The molecule has 122 valence electrons. The maximum absolute atomic E-state index is 11.7. The second kappa shape index (κ2) is 8.22. The molecule has 0 radical (unpaired) electrons. The first kappa shape index (κ1) is 17.8. The maximum Gasteiger partial charge on any atom is 0.314 e. The average Bonchev–Trinajstić information content (AvgIpc) is 2.98. The maximum atomic E-state index is 11.7. The second-order valence-electron chi connectivity index (χ2n) is 6.25. The molecular weight excluding hydrogens is 270 g/mol. The average molecular weight is 299 g/mol. The summed E-state index contributed by atoms with van der Waals surface area (Å²) in [5, 5.41) is 14.6. The molecule has 0 aromatic carbocycles. The number of amides is 2. The molecule has 2 amide bonds. The van der Waals surface area contributed by atoms with Crippen LogP contribution < -0.4 is 10.6 Å². The molecule has 0 aromatic rings. The number of likely N-dealkylation sites (N-methyl/N-ethyl adjacent to an activating group) is 1. The summed E-state index contributed by atoms with van der Waals surface area (Å²) in [7, 11) is 2.09. The van der Waals surface area contributed by atoms with Gasteiger partial charge in [-0.1, -0.05) is 19.8 Å². The number of rotatable bonds is 8. The van der Waals surface area contributed by atoms with Crippen LogP contribution >= 0.6 is 0 Å². The van der Waals surface area contributed by atoms with Crippen molar-refractivity contribution in [3.8, 4) is 0 Å². The van der Waals surface area contributed by atoms with Gasteiger partial charge in [-0.25, -0.2) is 4.79 Å². The molecule has 0 aliphatic heterocycles. The van der Waals surface area contributed by atoms with Crippen molar-refractivity contribution in [1.82, 2.24) is 15.5 Å². The fourth-order valence-electron chi connectivity index (χ4n) is 2.56. The molecular formula is C15H29N3O3. The predicted octanol–water partition coefficient (Wildman–Crippen LogP) is 1.66. The lowest BCUT2D eigenvalue weighted by Gasteiger charge is -2.25. The molecule has 0 saturated heterocycles. The van der Waals surface area contributed by atoms with Crippen LogP contribution in [-0.2, 0) is 4.79 Å². The summed E-state index contributed by atoms with van der Waals surface area (Å²) in [5.74, 6) is -0.883. The summed E-state index contributed by atoms with van der Waals surface area (Å²) in [6.45, 7) is 4.99. The number of aliphatic carboxylic acids is 1. The first-order valence-electron chi connectivity index (χ1n) is 7.84. The van der Waals surface area contributed by atoms with Crippen molar-refractivity contribution >= 4 is 12.0 Å². The number of carbonyl (C=O) groups is 2. The minimum Gasteiger partial charge on any atom is -0.481 e. The molecule has 0 spiro atoms. The first-order chi connectivity index (χ1) is 9.89. The number of hydrogen-bond acceptors (Lipinski definition) is 3. The number of carboxylic acid groups (broad SMARTS) is 1. The Labute approximate surface area is 127 Å². The Morgan fingerprint density at radius 2 is 1.90 bits per heavy atom. The summed E-state index contributed by atoms with van der Waals surface area (Å²) < 4.78 is 0. The number of carboxylic acids is 1. The zero-order valence-corrected chi connectivity index (χ0v) is 13.4. The molecule has 6 nitrogen and oxygen atoms in total. The standard InChI is InChI=1S/C15H29N3O3/c1-4-15(2,13(19)20)11-17-14(21)16-9-10-18(3)12-7-5-6-8-12/h12H,4-11H2,1-3H3,(H,19,20)(H2,16,17,21). The van der Waals surface area contributed by atoms with Crippen LogP contribution in [0.25, 0.3) is 0 Å².